The topological polar surface area (TPSA) is 126 Å². The summed E-state index contributed by atoms with van der Waals surface area (Å²) < 4.78 is 10.8. The molecule has 3 N–H and O–H groups in total. The number of aliphatic hydroxyl groups is 1. The number of nitrogens with one attached hydrogen (secondary N) is 2. The van der Waals surface area contributed by atoms with Gasteiger partial charge in [-0.3, -0.25) is 14.6 Å². The van der Waals surface area contributed by atoms with Crippen molar-refractivity contribution in [3.8, 4) is 5.88 Å². The van der Waals surface area contributed by atoms with Crippen molar-refractivity contribution in [1.82, 2.24) is 14.9 Å². The number of aromatic nitrogens is 2. The van der Waals surface area contributed by atoms with Crippen LogP contribution in [0.3, 0.4) is 0 Å². The SMILES string of the molecule is COc1ccc2nccc(NC(=O)[C@@]3(O)CCN(CCc4ccc5c(c4)NC(=O)CS5)C[C@@H]3OC)c2n1. The fourth-order valence-corrected chi connectivity index (χ4v) is 5.51. The molecule has 2 amide bonds. The number of methoxy groups -OCH3 is 2. The second-order valence-corrected chi connectivity index (χ2v) is 10.2. The molecule has 2 atom stereocenters. The molecule has 10 nitrogen and oxygen atoms in total. The monoisotopic (exact) mass is 523 g/mol. The summed E-state index contributed by atoms with van der Waals surface area (Å²) in [5.74, 6) is 0.314. The molecule has 0 spiro atoms. The third kappa shape index (κ3) is 5.26. The van der Waals surface area contributed by atoms with Crippen LogP contribution in [0, 0.1) is 0 Å². The number of amides is 2. The average Bonchev–Trinajstić information content (AvgIpc) is 2.92. The Bertz CT molecular complexity index is 1340. The number of hydrogen-bond donors (Lipinski definition) is 3. The van der Waals surface area contributed by atoms with Crippen molar-refractivity contribution in [3.63, 3.8) is 0 Å². The first-order valence-corrected chi connectivity index (χ1v) is 13.0. The average molecular weight is 524 g/mol. The first-order chi connectivity index (χ1) is 17.9. The molecule has 3 aromatic rings. The summed E-state index contributed by atoms with van der Waals surface area (Å²) in [5.41, 5.74) is 1.79. The Hall–Kier alpha value is -3.25. The van der Waals surface area contributed by atoms with Crippen molar-refractivity contribution < 1.29 is 24.2 Å². The normalized spacial score (nSPS) is 21.8. The lowest BCUT2D eigenvalue weighted by atomic mass is 9.87. The molecule has 2 aliphatic rings. The third-order valence-electron chi connectivity index (χ3n) is 6.85. The van der Waals surface area contributed by atoms with Gasteiger partial charge in [0.2, 0.25) is 11.8 Å². The van der Waals surface area contributed by atoms with Crippen LogP contribution in [0.5, 0.6) is 5.88 Å². The second-order valence-electron chi connectivity index (χ2n) is 9.15. The quantitative estimate of drug-likeness (QED) is 0.428. The van der Waals surface area contributed by atoms with Crippen molar-refractivity contribution in [1.29, 1.82) is 0 Å². The number of benzene rings is 1. The number of rotatable bonds is 7. The number of hydrogen-bond acceptors (Lipinski definition) is 9. The Kier molecular flexibility index (Phi) is 7.29. The van der Waals surface area contributed by atoms with Crippen LogP contribution < -0.4 is 15.4 Å². The summed E-state index contributed by atoms with van der Waals surface area (Å²) in [6, 6.07) is 11.2. The standard InChI is InChI=1S/C26H29N5O5S/c1-35-21-14-31(11-8-16-3-5-20-19(13-16)28-22(32)15-37-20)12-9-26(21,34)25(33)29-18-7-10-27-17-4-6-23(36-2)30-24(17)18/h3-7,10,13,21,34H,8-9,11-12,14-15H2,1-2H3,(H,28,32)(H,27,29,33)/t21-,26+/m0/s1. The molecule has 0 aliphatic carbocycles. The molecule has 2 aromatic heterocycles. The number of carbonyl (C=O) groups excluding carboxylic acids is 2. The van der Waals surface area contributed by atoms with E-state index in [4.69, 9.17) is 9.47 Å². The van der Waals surface area contributed by atoms with E-state index in [1.807, 2.05) is 12.1 Å². The molecule has 1 saturated heterocycles. The van der Waals surface area contributed by atoms with Gasteiger partial charge in [0.15, 0.2) is 5.60 Å². The molecule has 11 heteroatoms. The minimum atomic E-state index is -1.70. The molecular formula is C26H29N5O5S. The highest BCUT2D eigenvalue weighted by atomic mass is 32.2. The number of likely N-dealkylation sites (tertiary alicyclic amines) is 1. The lowest BCUT2D eigenvalue weighted by Crippen LogP contribution is -2.62. The van der Waals surface area contributed by atoms with Crippen molar-refractivity contribution in [2.45, 2.75) is 29.4 Å². The molecule has 0 saturated carbocycles. The van der Waals surface area contributed by atoms with E-state index in [0.29, 0.717) is 41.4 Å². The Morgan fingerprint density at radius 2 is 2.16 bits per heavy atom. The zero-order valence-electron chi connectivity index (χ0n) is 20.7. The van der Waals surface area contributed by atoms with Crippen LogP contribution in [-0.2, 0) is 20.7 Å². The predicted molar refractivity (Wildman–Crippen MR) is 141 cm³/mol. The van der Waals surface area contributed by atoms with Gasteiger partial charge < -0.3 is 30.1 Å². The first kappa shape index (κ1) is 25.4. The number of nitrogens with zero attached hydrogens (tertiary/aromatic N) is 3. The molecule has 37 heavy (non-hydrogen) atoms. The summed E-state index contributed by atoms with van der Waals surface area (Å²) >= 11 is 1.54. The van der Waals surface area contributed by atoms with Crippen LogP contribution in [-0.4, -0.2) is 83.1 Å². The summed E-state index contributed by atoms with van der Waals surface area (Å²) in [6.07, 6.45) is 1.85. The zero-order valence-corrected chi connectivity index (χ0v) is 21.5. The highest BCUT2D eigenvalue weighted by Crippen LogP contribution is 2.33. The maximum Gasteiger partial charge on any atom is 0.259 e. The predicted octanol–water partition coefficient (Wildman–Crippen LogP) is 2.32. The smallest absolute Gasteiger partial charge is 0.259 e. The van der Waals surface area contributed by atoms with Crippen LogP contribution >= 0.6 is 11.8 Å². The van der Waals surface area contributed by atoms with Crippen LogP contribution in [0.2, 0.25) is 0 Å². The van der Waals surface area contributed by atoms with Gasteiger partial charge in [-0.1, -0.05) is 6.07 Å². The molecule has 0 bridgehead atoms. The molecule has 2 aliphatic heterocycles. The van der Waals surface area contributed by atoms with E-state index in [0.717, 1.165) is 29.1 Å². The van der Waals surface area contributed by atoms with E-state index in [1.54, 1.807) is 36.2 Å². The summed E-state index contributed by atoms with van der Waals surface area (Å²) in [4.78, 5) is 37.0. The number of piperidine rings is 1. The Morgan fingerprint density at radius 1 is 1.30 bits per heavy atom. The lowest BCUT2D eigenvalue weighted by molar-refractivity contribution is -0.162. The summed E-state index contributed by atoms with van der Waals surface area (Å²) in [5, 5.41) is 17.2. The van der Waals surface area contributed by atoms with Crippen LogP contribution in [0.15, 0.2) is 47.5 Å². The van der Waals surface area contributed by atoms with Gasteiger partial charge >= 0.3 is 0 Å². The highest BCUT2D eigenvalue weighted by Gasteiger charge is 2.48. The van der Waals surface area contributed by atoms with Crippen molar-refractivity contribution >= 4 is 46.0 Å². The van der Waals surface area contributed by atoms with Crippen molar-refractivity contribution in [2.75, 3.05) is 50.2 Å². The van der Waals surface area contributed by atoms with Gasteiger partial charge in [-0.25, -0.2) is 4.98 Å². The molecule has 194 valence electrons. The van der Waals surface area contributed by atoms with E-state index in [2.05, 4.69) is 31.6 Å². The number of carbonyl (C=O) groups is 2. The van der Waals surface area contributed by atoms with Gasteiger partial charge in [0.25, 0.3) is 5.91 Å². The van der Waals surface area contributed by atoms with Crippen LogP contribution in [0.25, 0.3) is 11.0 Å². The lowest BCUT2D eigenvalue weighted by Gasteiger charge is -2.42. The van der Waals surface area contributed by atoms with Gasteiger partial charge in [0.05, 0.1) is 29.8 Å². The third-order valence-corrected chi connectivity index (χ3v) is 7.93. The number of pyridine rings is 2. The zero-order chi connectivity index (χ0) is 26.0. The molecule has 4 heterocycles. The van der Waals surface area contributed by atoms with E-state index < -0.39 is 17.6 Å². The number of anilines is 2. The van der Waals surface area contributed by atoms with Gasteiger partial charge in [-0.2, -0.15) is 0 Å². The van der Waals surface area contributed by atoms with Gasteiger partial charge in [0.1, 0.15) is 11.6 Å². The summed E-state index contributed by atoms with van der Waals surface area (Å²) in [7, 11) is 3.02. The molecule has 1 fully saturated rings. The Labute approximate surface area is 218 Å². The highest BCUT2D eigenvalue weighted by molar-refractivity contribution is 8.00. The molecule has 5 rings (SSSR count). The van der Waals surface area contributed by atoms with Crippen molar-refractivity contribution in [2.24, 2.45) is 0 Å². The van der Waals surface area contributed by atoms with Crippen LogP contribution in [0.4, 0.5) is 11.4 Å². The fraction of sp³-hybridized carbons (Fsp3) is 0.385. The van der Waals surface area contributed by atoms with Crippen molar-refractivity contribution in [3.05, 3.63) is 48.2 Å². The first-order valence-electron chi connectivity index (χ1n) is 12.0. The molecular weight excluding hydrogens is 494 g/mol. The van der Waals surface area contributed by atoms with Gasteiger partial charge in [0, 0.05) is 50.3 Å². The minimum Gasteiger partial charge on any atom is -0.481 e. The maximum absolute atomic E-state index is 13.3. The molecule has 1 aromatic carbocycles. The van der Waals surface area contributed by atoms with E-state index in [1.165, 1.54) is 14.2 Å². The Balaban J connectivity index is 1.25. The number of thioether (sulfide) groups is 1. The largest absolute Gasteiger partial charge is 0.481 e. The maximum atomic E-state index is 13.3. The number of ether oxygens (including phenoxy) is 2. The fourth-order valence-electron chi connectivity index (χ4n) is 4.72. The van der Waals surface area contributed by atoms with E-state index in [9.17, 15) is 14.7 Å². The van der Waals surface area contributed by atoms with E-state index in [-0.39, 0.29) is 12.3 Å². The van der Waals surface area contributed by atoms with Gasteiger partial charge in [-0.15, -0.1) is 11.8 Å². The second kappa shape index (κ2) is 10.6. The van der Waals surface area contributed by atoms with Gasteiger partial charge in [-0.05, 0) is 36.2 Å². The van der Waals surface area contributed by atoms with E-state index >= 15 is 0 Å². The summed E-state index contributed by atoms with van der Waals surface area (Å²) in [6.45, 7) is 1.67. The molecule has 0 unspecified atom stereocenters. The Morgan fingerprint density at radius 3 is 2.97 bits per heavy atom. The molecule has 0 radical (unpaired) electrons. The van der Waals surface area contributed by atoms with Crippen LogP contribution in [0.1, 0.15) is 12.0 Å². The number of fused-ring (bicyclic) bond motifs is 2. The minimum absolute atomic E-state index is 0.0147.